The first kappa shape index (κ1) is 9.69. The number of hydrogen-bond acceptors (Lipinski definition) is 1. The van der Waals surface area contributed by atoms with Gasteiger partial charge in [0.15, 0.2) is 0 Å². The third-order valence-corrected chi connectivity index (χ3v) is 0.968. The Labute approximate surface area is 67.2 Å². The van der Waals surface area contributed by atoms with Crippen LogP contribution in [-0.2, 0) is 0 Å². The zero-order chi connectivity index (χ0) is 8.69. The number of hydrogen-bond donors (Lipinski definition) is 0. The van der Waals surface area contributed by atoms with Gasteiger partial charge in [-0.1, -0.05) is 6.08 Å². The average molecular weight is 151 g/mol. The molecule has 0 aliphatic rings. The first-order chi connectivity index (χ1) is 5.22. The average Bonchev–Trinajstić information content (AvgIpc) is 2.38. The molecule has 1 aromatic heterocycles. The molecular weight excluding hydrogens is 138 g/mol. The number of nitrogens with zero attached hydrogens (tertiary/aromatic N) is 1. The first-order valence-corrected chi connectivity index (χ1v) is 3.43. The summed E-state index contributed by atoms with van der Waals surface area (Å²) < 4.78 is 1.53. The minimum absolute atomic E-state index is 0.0509. The molecule has 1 rings (SSSR count). The maximum Gasteiger partial charge on any atom is 0.227 e. The standard InChI is InChI=1S/C6H7NO.C3H6/c1-6(8)7-4-2-3-5-7;1-3-2/h2-5H,1H3;3H,1H2,2H3. The van der Waals surface area contributed by atoms with Crippen LogP contribution < -0.4 is 0 Å². The van der Waals surface area contributed by atoms with Crippen LogP contribution in [0.2, 0.25) is 0 Å². The molecule has 0 bridgehead atoms. The smallest absolute Gasteiger partial charge is 0.227 e. The molecule has 2 heteroatoms. The highest BCUT2D eigenvalue weighted by molar-refractivity contribution is 5.75. The van der Waals surface area contributed by atoms with Gasteiger partial charge >= 0.3 is 0 Å². The van der Waals surface area contributed by atoms with Crippen molar-refractivity contribution in [2.45, 2.75) is 13.8 Å². The number of aromatic nitrogens is 1. The molecule has 0 unspecified atom stereocenters. The Balaban J connectivity index is 0.000000292. The molecule has 0 aliphatic heterocycles. The Bertz CT molecular complexity index is 211. The highest BCUT2D eigenvalue weighted by atomic mass is 16.1. The zero-order valence-electron chi connectivity index (χ0n) is 6.95. The fourth-order valence-corrected chi connectivity index (χ4v) is 0.544. The van der Waals surface area contributed by atoms with Gasteiger partial charge in [0.25, 0.3) is 0 Å². The molecule has 60 valence electrons. The van der Waals surface area contributed by atoms with Crippen molar-refractivity contribution in [1.29, 1.82) is 0 Å². The van der Waals surface area contributed by atoms with Crippen molar-refractivity contribution in [3.8, 4) is 0 Å². The van der Waals surface area contributed by atoms with E-state index in [1.807, 2.05) is 19.1 Å². The van der Waals surface area contributed by atoms with E-state index in [1.54, 1.807) is 18.5 Å². The summed E-state index contributed by atoms with van der Waals surface area (Å²) in [5, 5.41) is 0. The van der Waals surface area contributed by atoms with Gasteiger partial charge in [0.2, 0.25) is 5.91 Å². The quantitative estimate of drug-likeness (QED) is 0.521. The minimum Gasteiger partial charge on any atom is -0.295 e. The van der Waals surface area contributed by atoms with Crippen LogP contribution in [0.1, 0.15) is 18.6 Å². The molecule has 0 radical (unpaired) electrons. The number of rotatable bonds is 0. The van der Waals surface area contributed by atoms with Gasteiger partial charge in [-0.25, -0.2) is 0 Å². The van der Waals surface area contributed by atoms with Crippen molar-refractivity contribution in [2.75, 3.05) is 0 Å². The molecule has 0 saturated heterocycles. The highest BCUT2D eigenvalue weighted by Crippen LogP contribution is 1.87. The topological polar surface area (TPSA) is 22.0 Å². The second-order valence-corrected chi connectivity index (χ2v) is 2.02. The van der Waals surface area contributed by atoms with E-state index in [9.17, 15) is 4.79 Å². The summed E-state index contributed by atoms with van der Waals surface area (Å²) in [7, 11) is 0. The SMILES string of the molecule is C=CC.CC(=O)n1cccc1. The third-order valence-electron chi connectivity index (χ3n) is 0.968. The molecule has 0 spiro atoms. The van der Waals surface area contributed by atoms with Gasteiger partial charge < -0.3 is 0 Å². The fraction of sp³-hybridized carbons (Fsp3) is 0.222. The molecule has 0 atom stereocenters. The van der Waals surface area contributed by atoms with Crippen LogP contribution in [0.5, 0.6) is 0 Å². The van der Waals surface area contributed by atoms with Crippen LogP contribution in [-0.4, -0.2) is 10.5 Å². The Morgan fingerprint density at radius 2 is 1.82 bits per heavy atom. The van der Waals surface area contributed by atoms with E-state index in [2.05, 4.69) is 6.58 Å². The maximum absolute atomic E-state index is 10.5. The first-order valence-electron chi connectivity index (χ1n) is 3.43. The summed E-state index contributed by atoms with van der Waals surface area (Å²) in [6.07, 6.45) is 5.20. The van der Waals surface area contributed by atoms with Crippen molar-refractivity contribution >= 4 is 5.91 Å². The Morgan fingerprint density at radius 1 is 1.45 bits per heavy atom. The summed E-state index contributed by atoms with van der Waals surface area (Å²) >= 11 is 0. The van der Waals surface area contributed by atoms with Crippen LogP contribution in [0.4, 0.5) is 0 Å². The molecule has 11 heavy (non-hydrogen) atoms. The molecule has 0 aromatic carbocycles. The van der Waals surface area contributed by atoms with Crippen LogP contribution in [0.3, 0.4) is 0 Å². The van der Waals surface area contributed by atoms with Crippen molar-refractivity contribution in [3.63, 3.8) is 0 Å². The summed E-state index contributed by atoms with van der Waals surface area (Å²) in [4.78, 5) is 10.5. The van der Waals surface area contributed by atoms with Gasteiger partial charge in [0.1, 0.15) is 0 Å². The minimum atomic E-state index is 0.0509. The monoisotopic (exact) mass is 151 g/mol. The lowest BCUT2D eigenvalue weighted by atomic mass is 10.7. The third kappa shape index (κ3) is 4.14. The zero-order valence-corrected chi connectivity index (χ0v) is 6.95. The summed E-state index contributed by atoms with van der Waals surface area (Å²) in [6, 6.07) is 3.64. The maximum atomic E-state index is 10.5. The second kappa shape index (κ2) is 5.47. The summed E-state index contributed by atoms with van der Waals surface area (Å²) in [5.41, 5.74) is 0. The Morgan fingerprint density at radius 3 is 2.00 bits per heavy atom. The van der Waals surface area contributed by atoms with Crippen molar-refractivity contribution < 1.29 is 4.79 Å². The lowest BCUT2D eigenvalue weighted by molar-refractivity contribution is 0.0937. The van der Waals surface area contributed by atoms with Gasteiger partial charge in [0.05, 0.1) is 0 Å². The predicted octanol–water partition coefficient (Wildman–Crippen LogP) is 2.34. The van der Waals surface area contributed by atoms with Crippen molar-refractivity contribution in [3.05, 3.63) is 37.2 Å². The second-order valence-electron chi connectivity index (χ2n) is 2.02. The van der Waals surface area contributed by atoms with Crippen molar-refractivity contribution in [2.24, 2.45) is 0 Å². The van der Waals surface area contributed by atoms with E-state index in [0.717, 1.165) is 0 Å². The number of carbonyl (C=O) groups is 1. The van der Waals surface area contributed by atoms with E-state index in [-0.39, 0.29) is 5.91 Å². The van der Waals surface area contributed by atoms with Gasteiger partial charge in [-0.2, -0.15) is 0 Å². The van der Waals surface area contributed by atoms with Crippen molar-refractivity contribution in [1.82, 2.24) is 4.57 Å². The molecule has 0 amide bonds. The normalized spacial score (nSPS) is 7.82. The van der Waals surface area contributed by atoms with Gasteiger partial charge in [-0.15, -0.1) is 6.58 Å². The molecule has 0 N–H and O–H groups in total. The van der Waals surface area contributed by atoms with Crippen LogP contribution in [0.15, 0.2) is 37.2 Å². The fourth-order valence-electron chi connectivity index (χ4n) is 0.544. The van der Waals surface area contributed by atoms with Crippen LogP contribution in [0, 0.1) is 0 Å². The Kier molecular flexibility index (Phi) is 4.82. The van der Waals surface area contributed by atoms with Gasteiger partial charge in [-0.05, 0) is 19.1 Å². The van der Waals surface area contributed by atoms with E-state index < -0.39 is 0 Å². The van der Waals surface area contributed by atoms with Crippen LogP contribution >= 0.6 is 0 Å². The highest BCUT2D eigenvalue weighted by Gasteiger charge is 1.89. The molecule has 0 saturated carbocycles. The molecule has 0 aliphatic carbocycles. The molecule has 1 aromatic rings. The van der Waals surface area contributed by atoms with Crippen LogP contribution in [0.25, 0.3) is 0 Å². The molecule has 0 fully saturated rings. The van der Waals surface area contributed by atoms with E-state index >= 15 is 0 Å². The van der Waals surface area contributed by atoms with E-state index in [0.29, 0.717) is 0 Å². The summed E-state index contributed by atoms with van der Waals surface area (Å²) in [6.45, 7) is 6.78. The predicted molar refractivity (Wildman–Crippen MR) is 46.6 cm³/mol. The molecule has 2 nitrogen and oxygen atoms in total. The number of allylic oxidation sites excluding steroid dienone is 1. The van der Waals surface area contributed by atoms with E-state index in [1.165, 1.54) is 11.5 Å². The summed E-state index contributed by atoms with van der Waals surface area (Å²) in [5.74, 6) is 0.0509. The lowest BCUT2D eigenvalue weighted by Gasteiger charge is -1.89. The Hall–Kier alpha value is -1.31. The van der Waals surface area contributed by atoms with Gasteiger partial charge in [-0.3, -0.25) is 9.36 Å². The van der Waals surface area contributed by atoms with E-state index in [4.69, 9.17) is 0 Å². The molecular formula is C9H13NO. The van der Waals surface area contributed by atoms with Gasteiger partial charge in [0, 0.05) is 19.3 Å². The number of carbonyl (C=O) groups excluding carboxylic acids is 1. The largest absolute Gasteiger partial charge is 0.295 e. The molecule has 1 heterocycles. The lowest BCUT2D eigenvalue weighted by Crippen LogP contribution is -2.00.